The molecule has 0 saturated heterocycles. The molecule has 0 fully saturated rings. The molecule has 1 amide bonds. The molecule has 0 heterocycles. The van der Waals surface area contributed by atoms with Crippen molar-refractivity contribution in [2.45, 2.75) is 19.9 Å². The van der Waals surface area contributed by atoms with Crippen LogP contribution >= 0.6 is 0 Å². The fourth-order valence-corrected chi connectivity index (χ4v) is 3.23. The Morgan fingerprint density at radius 2 is 1.78 bits per heavy atom. The van der Waals surface area contributed by atoms with E-state index >= 15 is 0 Å². The van der Waals surface area contributed by atoms with E-state index in [-0.39, 0.29) is 18.6 Å². The van der Waals surface area contributed by atoms with Crippen LogP contribution in [0.2, 0.25) is 0 Å². The van der Waals surface area contributed by atoms with Crippen molar-refractivity contribution < 1.29 is 9.53 Å². The lowest BCUT2D eigenvalue weighted by Crippen LogP contribution is -2.36. The van der Waals surface area contributed by atoms with Crippen LogP contribution in [-0.4, -0.2) is 24.0 Å². The zero-order chi connectivity index (χ0) is 19.2. The second-order valence-electron chi connectivity index (χ2n) is 6.36. The number of nitrogens with zero attached hydrogens (tertiary/aromatic N) is 2. The second-order valence-corrected chi connectivity index (χ2v) is 6.36. The molecular weight excluding hydrogens is 336 g/mol. The van der Waals surface area contributed by atoms with Crippen molar-refractivity contribution in [2.24, 2.45) is 0 Å². The third-order valence-corrected chi connectivity index (χ3v) is 4.75. The average Bonchev–Trinajstić information content (AvgIpc) is 2.72. The number of nitriles is 1. The maximum atomic E-state index is 12.8. The normalized spacial score (nSPS) is 11.6. The molecule has 27 heavy (non-hydrogen) atoms. The lowest BCUT2D eigenvalue weighted by molar-refractivity contribution is -0.135. The number of carbonyl (C=O) groups is 1. The highest BCUT2D eigenvalue weighted by molar-refractivity contribution is 5.88. The predicted octanol–water partition coefficient (Wildman–Crippen LogP) is 4.70. The minimum absolute atomic E-state index is 0.0114. The van der Waals surface area contributed by atoms with E-state index in [4.69, 9.17) is 10.00 Å². The Morgan fingerprint density at radius 1 is 1.07 bits per heavy atom. The third-order valence-electron chi connectivity index (χ3n) is 4.75. The summed E-state index contributed by atoms with van der Waals surface area (Å²) < 4.78 is 5.85. The van der Waals surface area contributed by atoms with Crippen molar-refractivity contribution >= 4 is 16.7 Å². The minimum atomic E-state index is -0.0913. The summed E-state index contributed by atoms with van der Waals surface area (Å²) in [5, 5.41) is 11.0. The van der Waals surface area contributed by atoms with Crippen LogP contribution in [0.25, 0.3) is 10.8 Å². The molecule has 0 aromatic heterocycles. The monoisotopic (exact) mass is 358 g/mol. The molecular formula is C23H22N2O2. The molecule has 0 spiro atoms. The van der Waals surface area contributed by atoms with Crippen molar-refractivity contribution in [1.29, 1.82) is 5.26 Å². The molecule has 0 aliphatic heterocycles. The standard InChI is InChI=1S/C23H22N2O2/c1-3-25(17(2)19-13-11-18(15-24)12-14-19)23(26)16-27-22-10-6-8-20-7-4-5-9-21(20)22/h4-14,17H,3,16H2,1-2H3. The second kappa shape index (κ2) is 8.37. The highest BCUT2D eigenvalue weighted by Gasteiger charge is 2.20. The van der Waals surface area contributed by atoms with Crippen LogP contribution in [0.5, 0.6) is 5.75 Å². The quantitative estimate of drug-likeness (QED) is 0.642. The van der Waals surface area contributed by atoms with Crippen LogP contribution in [0.4, 0.5) is 0 Å². The summed E-state index contributed by atoms with van der Waals surface area (Å²) in [5.74, 6) is 0.644. The fraction of sp³-hybridized carbons (Fsp3) is 0.217. The van der Waals surface area contributed by atoms with Crippen molar-refractivity contribution in [3.63, 3.8) is 0 Å². The van der Waals surface area contributed by atoms with Gasteiger partial charge in [-0.1, -0.05) is 48.5 Å². The first-order valence-electron chi connectivity index (χ1n) is 9.04. The Bertz CT molecular complexity index is 968. The number of likely N-dealkylation sites (N-methyl/N-ethyl adjacent to an activating group) is 1. The lowest BCUT2D eigenvalue weighted by Gasteiger charge is -2.28. The molecule has 136 valence electrons. The molecule has 3 aromatic carbocycles. The summed E-state index contributed by atoms with van der Waals surface area (Å²) in [7, 11) is 0. The lowest BCUT2D eigenvalue weighted by atomic mass is 10.0. The van der Waals surface area contributed by atoms with Crippen molar-refractivity contribution in [1.82, 2.24) is 4.90 Å². The van der Waals surface area contributed by atoms with Gasteiger partial charge in [-0.05, 0) is 43.0 Å². The van der Waals surface area contributed by atoms with Gasteiger partial charge in [0.1, 0.15) is 5.75 Å². The van der Waals surface area contributed by atoms with Crippen LogP contribution in [0.3, 0.4) is 0 Å². The summed E-state index contributed by atoms with van der Waals surface area (Å²) in [5.41, 5.74) is 1.61. The molecule has 4 nitrogen and oxygen atoms in total. The minimum Gasteiger partial charge on any atom is -0.483 e. The van der Waals surface area contributed by atoms with Crippen molar-refractivity contribution in [2.75, 3.05) is 13.2 Å². The largest absolute Gasteiger partial charge is 0.483 e. The first-order chi connectivity index (χ1) is 13.1. The Labute approximate surface area is 159 Å². The third kappa shape index (κ3) is 4.09. The molecule has 4 heteroatoms. The summed E-state index contributed by atoms with van der Waals surface area (Å²) in [6.07, 6.45) is 0. The van der Waals surface area contributed by atoms with E-state index in [1.54, 1.807) is 17.0 Å². The van der Waals surface area contributed by atoms with Crippen molar-refractivity contribution in [3.05, 3.63) is 77.9 Å². The molecule has 3 rings (SSSR count). The zero-order valence-electron chi connectivity index (χ0n) is 15.6. The van der Waals surface area contributed by atoms with Gasteiger partial charge in [0.15, 0.2) is 6.61 Å². The first-order valence-corrected chi connectivity index (χ1v) is 9.04. The highest BCUT2D eigenvalue weighted by atomic mass is 16.5. The number of hydrogen-bond donors (Lipinski definition) is 0. The number of ether oxygens (including phenoxy) is 1. The van der Waals surface area contributed by atoms with Gasteiger partial charge in [-0.3, -0.25) is 4.79 Å². The number of hydrogen-bond acceptors (Lipinski definition) is 3. The van der Waals surface area contributed by atoms with Gasteiger partial charge in [0, 0.05) is 11.9 Å². The average molecular weight is 358 g/mol. The van der Waals surface area contributed by atoms with E-state index in [2.05, 4.69) is 6.07 Å². The topological polar surface area (TPSA) is 53.3 Å². The summed E-state index contributed by atoms with van der Waals surface area (Å²) in [6, 6.07) is 23.2. The van der Waals surface area contributed by atoms with Crippen LogP contribution in [0.15, 0.2) is 66.7 Å². The van der Waals surface area contributed by atoms with E-state index in [9.17, 15) is 4.79 Å². The van der Waals surface area contributed by atoms with Crippen molar-refractivity contribution in [3.8, 4) is 11.8 Å². The molecule has 3 aromatic rings. The van der Waals surface area contributed by atoms with E-state index in [1.807, 2.05) is 68.4 Å². The van der Waals surface area contributed by atoms with E-state index in [0.29, 0.717) is 17.9 Å². The first kappa shape index (κ1) is 18.5. The Kier molecular flexibility index (Phi) is 5.73. The fourth-order valence-electron chi connectivity index (χ4n) is 3.23. The Morgan fingerprint density at radius 3 is 2.48 bits per heavy atom. The smallest absolute Gasteiger partial charge is 0.260 e. The molecule has 0 saturated carbocycles. The molecule has 0 aliphatic rings. The number of amides is 1. The highest BCUT2D eigenvalue weighted by Crippen LogP contribution is 2.26. The number of fused-ring (bicyclic) bond motifs is 1. The molecule has 0 N–H and O–H groups in total. The molecule has 0 aliphatic carbocycles. The summed E-state index contributed by atoms with van der Waals surface area (Å²) in [6.45, 7) is 4.51. The summed E-state index contributed by atoms with van der Waals surface area (Å²) >= 11 is 0. The van der Waals surface area contributed by atoms with E-state index in [1.165, 1.54) is 0 Å². The molecule has 0 radical (unpaired) electrons. The Hall–Kier alpha value is -3.32. The molecule has 0 bridgehead atoms. The maximum Gasteiger partial charge on any atom is 0.260 e. The van der Waals surface area contributed by atoms with Crippen LogP contribution in [-0.2, 0) is 4.79 Å². The van der Waals surface area contributed by atoms with Gasteiger partial charge in [-0.2, -0.15) is 5.26 Å². The number of carbonyl (C=O) groups excluding carboxylic acids is 1. The van der Waals surface area contributed by atoms with Gasteiger partial charge in [0.2, 0.25) is 0 Å². The van der Waals surface area contributed by atoms with Gasteiger partial charge >= 0.3 is 0 Å². The van der Waals surface area contributed by atoms with Crippen LogP contribution < -0.4 is 4.74 Å². The Balaban J connectivity index is 1.72. The van der Waals surface area contributed by atoms with Crippen LogP contribution in [0, 0.1) is 11.3 Å². The maximum absolute atomic E-state index is 12.8. The van der Waals surface area contributed by atoms with E-state index in [0.717, 1.165) is 16.3 Å². The molecule has 1 atom stereocenters. The van der Waals surface area contributed by atoms with Gasteiger partial charge in [0.25, 0.3) is 5.91 Å². The van der Waals surface area contributed by atoms with Gasteiger partial charge in [-0.15, -0.1) is 0 Å². The van der Waals surface area contributed by atoms with Crippen LogP contribution in [0.1, 0.15) is 31.0 Å². The van der Waals surface area contributed by atoms with Gasteiger partial charge in [-0.25, -0.2) is 0 Å². The SMILES string of the molecule is CCN(C(=O)COc1cccc2ccccc12)C(C)c1ccc(C#N)cc1. The zero-order valence-corrected chi connectivity index (χ0v) is 15.6. The predicted molar refractivity (Wildman–Crippen MR) is 106 cm³/mol. The number of rotatable bonds is 6. The molecule has 1 unspecified atom stereocenters. The van der Waals surface area contributed by atoms with Gasteiger partial charge < -0.3 is 9.64 Å². The van der Waals surface area contributed by atoms with E-state index < -0.39 is 0 Å². The summed E-state index contributed by atoms with van der Waals surface area (Å²) in [4.78, 5) is 14.6. The van der Waals surface area contributed by atoms with Gasteiger partial charge in [0.05, 0.1) is 17.7 Å². The number of benzene rings is 3.